The third kappa shape index (κ3) is 5.72. The molecule has 0 aliphatic carbocycles. The first-order chi connectivity index (χ1) is 14.8. The van der Waals surface area contributed by atoms with Gasteiger partial charge in [0.05, 0.1) is 13.2 Å². The molecule has 4 nitrogen and oxygen atoms in total. The van der Waals surface area contributed by atoms with Gasteiger partial charge in [0.1, 0.15) is 5.25 Å². The van der Waals surface area contributed by atoms with Crippen molar-refractivity contribution in [2.75, 3.05) is 31.6 Å². The van der Waals surface area contributed by atoms with E-state index in [1.54, 1.807) is 11.8 Å². The first-order valence-corrected chi connectivity index (χ1v) is 11.1. The molecular weight excluding hydrogens is 392 g/mol. The summed E-state index contributed by atoms with van der Waals surface area (Å²) in [6, 6.07) is 28.1. The van der Waals surface area contributed by atoms with Gasteiger partial charge in [0, 0.05) is 30.2 Å². The molecule has 30 heavy (non-hydrogen) atoms. The van der Waals surface area contributed by atoms with Crippen LogP contribution in [0.3, 0.4) is 0 Å². The van der Waals surface area contributed by atoms with Gasteiger partial charge in [-0.1, -0.05) is 60.7 Å². The summed E-state index contributed by atoms with van der Waals surface area (Å²) in [5.41, 5.74) is 3.02. The average Bonchev–Trinajstić information content (AvgIpc) is 2.80. The number of thioether (sulfide) groups is 1. The second-order valence-corrected chi connectivity index (χ2v) is 8.48. The van der Waals surface area contributed by atoms with Gasteiger partial charge in [0.25, 0.3) is 0 Å². The van der Waals surface area contributed by atoms with Crippen molar-refractivity contribution in [3.8, 4) is 0 Å². The van der Waals surface area contributed by atoms with Gasteiger partial charge in [-0.15, -0.1) is 11.8 Å². The van der Waals surface area contributed by atoms with Crippen molar-refractivity contribution in [3.05, 3.63) is 96.1 Å². The zero-order valence-electron chi connectivity index (χ0n) is 16.9. The number of carbonyl (C=O) groups is 1. The fourth-order valence-electron chi connectivity index (χ4n) is 3.51. The summed E-state index contributed by atoms with van der Waals surface area (Å²) in [7, 11) is 0. The van der Waals surface area contributed by atoms with Gasteiger partial charge >= 0.3 is 0 Å². The number of amides is 1. The molecule has 154 valence electrons. The molecule has 1 unspecified atom stereocenters. The van der Waals surface area contributed by atoms with Crippen LogP contribution in [0.15, 0.2) is 89.8 Å². The van der Waals surface area contributed by atoms with Crippen LogP contribution in [0.1, 0.15) is 16.4 Å². The smallest absolute Gasteiger partial charge is 0.242 e. The van der Waals surface area contributed by atoms with Crippen molar-refractivity contribution in [3.63, 3.8) is 0 Å². The fraction of sp³-hybridized carbons (Fsp3) is 0.240. The topological polar surface area (TPSA) is 41.6 Å². The molecule has 3 aromatic rings. The van der Waals surface area contributed by atoms with Gasteiger partial charge in [-0.05, 0) is 35.4 Å². The second kappa shape index (κ2) is 10.4. The van der Waals surface area contributed by atoms with E-state index in [9.17, 15) is 4.79 Å². The molecule has 0 saturated carbocycles. The van der Waals surface area contributed by atoms with Crippen LogP contribution in [0.5, 0.6) is 0 Å². The van der Waals surface area contributed by atoms with Crippen LogP contribution in [-0.4, -0.2) is 37.1 Å². The summed E-state index contributed by atoms with van der Waals surface area (Å²) in [5, 5.41) is 2.81. The lowest BCUT2D eigenvalue weighted by molar-refractivity contribution is -0.115. The van der Waals surface area contributed by atoms with Crippen LogP contribution < -0.4 is 5.32 Å². The van der Waals surface area contributed by atoms with Crippen LogP contribution in [0.25, 0.3) is 0 Å². The number of carbonyl (C=O) groups excluding carboxylic acids is 1. The molecule has 0 radical (unpaired) electrons. The van der Waals surface area contributed by atoms with Gasteiger partial charge in [0.2, 0.25) is 5.91 Å². The minimum Gasteiger partial charge on any atom is -0.379 e. The molecule has 0 bridgehead atoms. The Labute approximate surface area is 182 Å². The maximum absolute atomic E-state index is 13.3. The summed E-state index contributed by atoms with van der Waals surface area (Å²) in [6.45, 7) is 4.33. The Bertz CT molecular complexity index is 944. The maximum Gasteiger partial charge on any atom is 0.242 e. The van der Waals surface area contributed by atoms with E-state index in [0.29, 0.717) is 0 Å². The van der Waals surface area contributed by atoms with Crippen LogP contribution in [-0.2, 0) is 16.1 Å². The molecule has 1 atom stereocenters. The summed E-state index contributed by atoms with van der Waals surface area (Å²) >= 11 is 1.57. The van der Waals surface area contributed by atoms with E-state index < -0.39 is 0 Å². The average molecular weight is 419 g/mol. The molecule has 0 spiro atoms. The zero-order chi connectivity index (χ0) is 20.6. The van der Waals surface area contributed by atoms with Gasteiger partial charge in [-0.25, -0.2) is 0 Å². The summed E-state index contributed by atoms with van der Waals surface area (Å²) < 4.78 is 5.43. The first-order valence-electron chi connectivity index (χ1n) is 10.2. The molecule has 1 N–H and O–H groups in total. The van der Waals surface area contributed by atoms with Crippen molar-refractivity contribution < 1.29 is 9.53 Å². The van der Waals surface area contributed by atoms with Crippen molar-refractivity contribution in [1.29, 1.82) is 0 Å². The van der Waals surface area contributed by atoms with E-state index in [4.69, 9.17) is 4.74 Å². The van der Waals surface area contributed by atoms with Crippen LogP contribution in [0.4, 0.5) is 5.69 Å². The molecule has 5 heteroatoms. The quantitative estimate of drug-likeness (QED) is 0.549. The van der Waals surface area contributed by atoms with E-state index in [2.05, 4.69) is 22.3 Å². The summed E-state index contributed by atoms with van der Waals surface area (Å²) in [6.07, 6.45) is 0. The molecule has 1 fully saturated rings. The van der Waals surface area contributed by atoms with E-state index >= 15 is 0 Å². The number of nitrogens with one attached hydrogen (secondary N) is 1. The summed E-state index contributed by atoms with van der Waals surface area (Å²) in [5.74, 6) is -0.0152. The lowest BCUT2D eigenvalue weighted by Gasteiger charge is -2.26. The minimum absolute atomic E-state index is 0.0152. The van der Waals surface area contributed by atoms with Crippen LogP contribution >= 0.6 is 11.8 Å². The highest BCUT2D eigenvalue weighted by Crippen LogP contribution is 2.36. The van der Waals surface area contributed by atoms with E-state index in [-0.39, 0.29) is 11.2 Å². The molecule has 4 rings (SSSR count). The fourth-order valence-corrected chi connectivity index (χ4v) is 4.55. The minimum atomic E-state index is -0.323. The molecule has 1 amide bonds. The molecule has 1 aliphatic rings. The van der Waals surface area contributed by atoms with Gasteiger partial charge in [0.15, 0.2) is 0 Å². The van der Waals surface area contributed by atoms with Crippen molar-refractivity contribution in [2.24, 2.45) is 0 Å². The predicted octanol–water partition coefficient (Wildman–Crippen LogP) is 4.99. The Morgan fingerprint density at radius 2 is 1.63 bits per heavy atom. The zero-order valence-corrected chi connectivity index (χ0v) is 17.7. The molecule has 1 saturated heterocycles. The monoisotopic (exact) mass is 418 g/mol. The number of rotatable bonds is 7. The van der Waals surface area contributed by atoms with Gasteiger partial charge in [-0.2, -0.15) is 0 Å². The molecular formula is C25H26N2O2S. The second-order valence-electron chi connectivity index (χ2n) is 7.30. The Balaban J connectivity index is 1.48. The van der Waals surface area contributed by atoms with Gasteiger partial charge < -0.3 is 10.1 Å². The molecule has 1 aliphatic heterocycles. The largest absolute Gasteiger partial charge is 0.379 e. The third-order valence-electron chi connectivity index (χ3n) is 5.04. The summed E-state index contributed by atoms with van der Waals surface area (Å²) in [4.78, 5) is 16.7. The standard InChI is InChI=1S/C25H26N2O2S/c28-25(24(21-9-3-1-4-10-21)30-23-12-5-2-6-13-23)26-22-11-7-8-20(18-22)19-27-14-16-29-17-15-27/h1-13,18,24H,14-17,19H2,(H,26,28). The lowest BCUT2D eigenvalue weighted by atomic mass is 10.1. The lowest BCUT2D eigenvalue weighted by Crippen LogP contribution is -2.35. The Morgan fingerprint density at radius 3 is 2.37 bits per heavy atom. The third-order valence-corrected chi connectivity index (χ3v) is 6.31. The predicted molar refractivity (Wildman–Crippen MR) is 123 cm³/mol. The van der Waals surface area contributed by atoms with Crippen molar-refractivity contribution in [2.45, 2.75) is 16.7 Å². The van der Waals surface area contributed by atoms with Crippen LogP contribution in [0, 0.1) is 0 Å². The Hall–Kier alpha value is -2.60. The number of morpholine rings is 1. The number of ether oxygens (including phenoxy) is 1. The number of anilines is 1. The highest BCUT2D eigenvalue weighted by Gasteiger charge is 2.22. The number of nitrogens with zero attached hydrogens (tertiary/aromatic N) is 1. The number of hydrogen-bond donors (Lipinski definition) is 1. The van der Waals surface area contributed by atoms with E-state index in [1.807, 2.05) is 72.8 Å². The highest BCUT2D eigenvalue weighted by atomic mass is 32.2. The van der Waals surface area contributed by atoms with Crippen molar-refractivity contribution >= 4 is 23.4 Å². The molecule has 3 aromatic carbocycles. The Morgan fingerprint density at radius 1 is 0.933 bits per heavy atom. The van der Waals surface area contributed by atoms with Gasteiger partial charge in [-0.3, -0.25) is 9.69 Å². The highest BCUT2D eigenvalue weighted by molar-refractivity contribution is 8.00. The SMILES string of the molecule is O=C(Nc1cccc(CN2CCOCC2)c1)C(Sc1ccccc1)c1ccccc1. The Kier molecular flexibility index (Phi) is 7.19. The molecule has 0 aromatic heterocycles. The maximum atomic E-state index is 13.3. The van der Waals surface area contributed by atoms with Crippen LogP contribution in [0.2, 0.25) is 0 Å². The number of benzene rings is 3. The van der Waals surface area contributed by atoms with Crippen molar-refractivity contribution in [1.82, 2.24) is 4.90 Å². The van der Waals surface area contributed by atoms with E-state index in [0.717, 1.165) is 49.0 Å². The number of hydrogen-bond acceptors (Lipinski definition) is 4. The molecule has 1 heterocycles. The van der Waals surface area contributed by atoms with E-state index in [1.165, 1.54) is 5.56 Å². The normalized spacial score (nSPS) is 15.5. The first kappa shape index (κ1) is 20.7.